The van der Waals surface area contributed by atoms with Gasteiger partial charge in [0.1, 0.15) is 32.5 Å². The summed E-state index contributed by atoms with van der Waals surface area (Å²) in [6, 6.07) is 17.4. The van der Waals surface area contributed by atoms with Crippen molar-refractivity contribution in [2.24, 2.45) is 20.5 Å². The Balaban J connectivity index is 1.28. The molecule has 0 unspecified atom stereocenters. The molecule has 266 valence electrons. The molecule has 8 N–H and O–H groups in total. The Kier molecular flexibility index (Phi) is 10.3. The van der Waals surface area contributed by atoms with Crippen molar-refractivity contribution in [3.05, 3.63) is 90.0 Å². The topological polar surface area (TPSA) is 251 Å². The van der Waals surface area contributed by atoms with E-state index in [1.54, 1.807) is 36.4 Å². The van der Waals surface area contributed by atoms with Crippen LogP contribution in [0.25, 0.3) is 32.7 Å². The van der Waals surface area contributed by atoms with Crippen LogP contribution in [0.15, 0.2) is 103 Å². The third-order valence-corrected chi connectivity index (χ3v) is 11.8. The average molecular weight is 1010 g/mol. The summed E-state index contributed by atoms with van der Waals surface area (Å²) in [4.78, 5) is -0.836. The molecule has 0 aliphatic rings. The van der Waals surface area contributed by atoms with Crippen molar-refractivity contribution in [2.45, 2.75) is 9.79 Å². The maximum Gasteiger partial charge on any atom is 0.295 e. The van der Waals surface area contributed by atoms with Crippen molar-refractivity contribution in [2.75, 3.05) is 11.5 Å². The van der Waals surface area contributed by atoms with Gasteiger partial charge in [-0.2, -0.15) is 16.8 Å². The van der Waals surface area contributed by atoms with Gasteiger partial charge in [-0.1, -0.05) is 35.3 Å². The van der Waals surface area contributed by atoms with Gasteiger partial charge in [0.15, 0.2) is 11.5 Å². The lowest BCUT2D eigenvalue weighted by molar-refractivity contribution is 0.480. The molecule has 0 heterocycles. The highest BCUT2D eigenvalue weighted by molar-refractivity contribution is 14.1. The van der Waals surface area contributed by atoms with Crippen LogP contribution in [0.1, 0.15) is 0 Å². The fraction of sp³-hybridized carbons (Fsp3) is 0. The number of nitrogens with two attached hydrogens (primary N) is 2. The molecule has 0 saturated heterocycles. The summed E-state index contributed by atoms with van der Waals surface area (Å²) < 4.78 is 67.7. The number of benzene rings is 6. The first kappa shape index (κ1) is 37.8. The number of phenols is 2. The number of fused-ring (bicyclic) bond motifs is 2. The van der Waals surface area contributed by atoms with Crippen molar-refractivity contribution in [3.63, 3.8) is 0 Å². The molecule has 14 nitrogen and oxygen atoms in total. The lowest BCUT2D eigenvalue weighted by Gasteiger charge is -2.12. The van der Waals surface area contributed by atoms with Gasteiger partial charge in [0.05, 0.1) is 20.8 Å². The minimum absolute atomic E-state index is 0.0138. The molecular weight excluding hydrogens is 985 g/mol. The van der Waals surface area contributed by atoms with Gasteiger partial charge in [-0.05, 0) is 117 Å². The van der Waals surface area contributed by atoms with Crippen molar-refractivity contribution >= 4 is 144 Å². The Labute approximate surface area is 332 Å². The van der Waals surface area contributed by atoms with Gasteiger partial charge in [-0.15, -0.1) is 20.5 Å². The fourth-order valence-corrected chi connectivity index (χ4v) is 9.23. The summed E-state index contributed by atoms with van der Waals surface area (Å²) in [6.45, 7) is 0. The fourth-order valence-electron chi connectivity index (χ4n) is 5.29. The zero-order valence-electron chi connectivity index (χ0n) is 25.6. The van der Waals surface area contributed by atoms with Gasteiger partial charge in [0.2, 0.25) is 0 Å². The Morgan fingerprint density at radius 3 is 1.19 bits per heavy atom. The summed E-state index contributed by atoms with van der Waals surface area (Å²) in [5.74, 6) is -0.884. The summed E-state index contributed by atoms with van der Waals surface area (Å²) >= 11 is 16.7. The number of phenolic OH excluding ortho intramolecular Hbond substituents is 2. The number of azo groups is 2. The third kappa shape index (κ3) is 7.20. The highest BCUT2D eigenvalue weighted by Gasteiger charge is 2.23. The van der Waals surface area contributed by atoms with Gasteiger partial charge in [-0.3, -0.25) is 9.11 Å². The molecule has 0 radical (unpaired) electrons. The first-order valence-electron chi connectivity index (χ1n) is 14.2. The number of hydrogen-bond acceptors (Lipinski definition) is 12. The molecule has 0 aliphatic heterocycles. The van der Waals surface area contributed by atoms with Crippen LogP contribution in [0.2, 0.25) is 10.0 Å². The van der Waals surface area contributed by atoms with Crippen molar-refractivity contribution in [3.8, 4) is 22.6 Å². The molecule has 6 aromatic rings. The smallest absolute Gasteiger partial charge is 0.295 e. The third-order valence-electron chi connectivity index (χ3n) is 7.68. The van der Waals surface area contributed by atoms with Crippen LogP contribution in [0.5, 0.6) is 11.5 Å². The zero-order valence-corrected chi connectivity index (χ0v) is 33.1. The Bertz CT molecular complexity index is 2610. The molecule has 0 bridgehead atoms. The van der Waals surface area contributed by atoms with Crippen LogP contribution in [0.3, 0.4) is 0 Å². The number of aromatic hydroxyl groups is 2. The van der Waals surface area contributed by atoms with Crippen LogP contribution in [-0.2, 0) is 20.2 Å². The zero-order chi connectivity index (χ0) is 37.9. The molecule has 0 atom stereocenters. The number of rotatable bonds is 7. The minimum Gasteiger partial charge on any atom is -0.505 e. The van der Waals surface area contributed by atoms with Crippen LogP contribution < -0.4 is 11.5 Å². The maximum absolute atomic E-state index is 11.9. The molecule has 6 aromatic carbocycles. The number of nitrogens with zero attached hydrogens (tertiary/aromatic N) is 4. The lowest BCUT2D eigenvalue weighted by Crippen LogP contribution is -2.02. The molecule has 20 heteroatoms. The molecule has 0 saturated carbocycles. The van der Waals surface area contributed by atoms with E-state index in [1.165, 1.54) is 24.3 Å². The first-order chi connectivity index (χ1) is 24.4. The van der Waals surface area contributed by atoms with E-state index in [4.69, 9.17) is 34.7 Å². The summed E-state index contributed by atoms with van der Waals surface area (Å²) in [6.07, 6.45) is 0. The highest BCUT2D eigenvalue weighted by Crippen LogP contribution is 2.46. The van der Waals surface area contributed by atoms with Crippen molar-refractivity contribution in [1.82, 2.24) is 0 Å². The van der Waals surface area contributed by atoms with E-state index >= 15 is 0 Å². The molecule has 0 spiro atoms. The molecular formula is C32H20Cl2I2N6O8S2. The second-order valence-corrected chi connectivity index (χ2v) is 16.9. The second-order valence-electron chi connectivity index (χ2n) is 10.9. The van der Waals surface area contributed by atoms with E-state index in [9.17, 15) is 36.2 Å². The van der Waals surface area contributed by atoms with E-state index in [0.717, 1.165) is 12.1 Å². The molecule has 0 aliphatic carbocycles. The number of hydrogen-bond donors (Lipinski definition) is 6. The molecule has 0 fully saturated rings. The number of halogens is 4. The van der Waals surface area contributed by atoms with E-state index < -0.39 is 41.5 Å². The van der Waals surface area contributed by atoms with Crippen molar-refractivity contribution < 1.29 is 36.2 Å². The normalized spacial score (nSPS) is 12.5. The van der Waals surface area contributed by atoms with Gasteiger partial charge < -0.3 is 21.7 Å². The Morgan fingerprint density at radius 1 is 0.519 bits per heavy atom. The maximum atomic E-state index is 11.9. The number of anilines is 2. The monoisotopic (exact) mass is 1000 g/mol. The predicted molar refractivity (Wildman–Crippen MR) is 215 cm³/mol. The Hall–Kier alpha value is -3.90. The highest BCUT2D eigenvalue weighted by atomic mass is 127. The van der Waals surface area contributed by atoms with Gasteiger partial charge >= 0.3 is 0 Å². The SMILES string of the molecule is Nc1ccc(S(=O)(=O)O)c2c(I)cc(N=Nc3ccc(-c4ccc(N=Nc5cc(I)c6c(S(=O)(=O)O)ccc(N)c6c5O)c(Cl)c4)cc3Cl)c(O)c12. The predicted octanol–water partition coefficient (Wildman–Crippen LogP) is 10.1. The quantitative estimate of drug-likeness (QED) is 0.0382. The summed E-state index contributed by atoms with van der Waals surface area (Å²) in [5, 5.41) is 38.8. The van der Waals surface area contributed by atoms with E-state index in [-0.39, 0.29) is 65.7 Å². The van der Waals surface area contributed by atoms with E-state index in [1.807, 2.05) is 45.2 Å². The molecule has 0 aromatic heterocycles. The summed E-state index contributed by atoms with van der Waals surface area (Å²) in [5.41, 5.74) is 13.9. The van der Waals surface area contributed by atoms with Crippen LogP contribution in [0, 0.1) is 7.14 Å². The van der Waals surface area contributed by atoms with E-state index in [2.05, 4.69) is 20.5 Å². The molecule has 0 amide bonds. The molecule has 52 heavy (non-hydrogen) atoms. The van der Waals surface area contributed by atoms with Crippen LogP contribution >= 0.6 is 68.4 Å². The minimum atomic E-state index is -4.62. The van der Waals surface area contributed by atoms with E-state index in [0.29, 0.717) is 18.3 Å². The first-order valence-corrected chi connectivity index (χ1v) is 20.0. The van der Waals surface area contributed by atoms with Crippen LogP contribution in [0.4, 0.5) is 34.1 Å². The van der Waals surface area contributed by atoms with Crippen molar-refractivity contribution in [1.29, 1.82) is 0 Å². The van der Waals surface area contributed by atoms with Gasteiger partial charge in [0.25, 0.3) is 20.2 Å². The number of nitrogen functional groups attached to an aromatic ring is 2. The summed E-state index contributed by atoms with van der Waals surface area (Å²) in [7, 11) is -9.24. The average Bonchev–Trinajstić information content (AvgIpc) is 3.06. The van der Waals surface area contributed by atoms with Gasteiger partial charge in [-0.25, -0.2) is 0 Å². The second kappa shape index (κ2) is 14.2. The van der Waals surface area contributed by atoms with Crippen LogP contribution in [-0.4, -0.2) is 36.2 Å². The molecule has 6 rings (SSSR count). The largest absolute Gasteiger partial charge is 0.505 e. The standard InChI is InChI=1S/C32H20Cl2I2N6O8S2/c33-15-9-13(1-5-21(15)39-41-23-11-17(35)27-25(51(45,46)47)7-3-19(37)29(27)31(23)43)14-2-6-22(16(34)10-14)40-42-24-12-18(36)28-26(52(48,49)50)8-4-20(38)30(28)32(24)44/h1-12,43-44H,37-38H2,(H,45,46,47)(H,48,49,50). The van der Waals surface area contributed by atoms with Gasteiger partial charge in [0, 0.05) is 29.3 Å². The Morgan fingerprint density at radius 2 is 0.865 bits per heavy atom. The lowest BCUT2D eigenvalue weighted by atomic mass is 10.0.